The first-order valence-corrected chi connectivity index (χ1v) is 6.08. The molecule has 0 bridgehead atoms. The van der Waals surface area contributed by atoms with Gasteiger partial charge in [0.1, 0.15) is 12.1 Å². The van der Waals surface area contributed by atoms with Crippen molar-refractivity contribution in [3.63, 3.8) is 0 Å². The lowest BCUT2D eigenvalue weighted by Gasteiger charge is -2.03. The van der Waals surface area contributed by atoms with Crippen LogP contribution in [-0.2, 0) is 6.42 Å². The Hall–Kier alpha value is -1.36. The van der Waals surface area contributed by atoms with Gasteiger partial charge in [-0.25, -0.2) is 9.37 Å². The van der Waals surface area contributed by atoms with Crippen molar-refractivity contribution in [2.45, 2.75) is 18.1 Å². The highest BCUT2D eigenvalue weighted by Gasteiger charge is 2.33. The van der Waals surface area contributed by atoms with E-state index in [2.05, 4.69) is 27.8 Å². The molecule has 1 saturated carbocycles. The average molecular weight is 249 g/mol. The van der Waals surface area contributed by atoms with Crippen molar-refractivity contribution >= 4 is 12.6 Å². The number of halogens is 1. The SMILES string of the molecule is Fc1cc(CC2CC2S)ccc1-c1ncn[nH]1. The van der Waals surface area contributed by atoms with Gasteiger partial charge in [-0.1, -0.05) is 6.07 Å². The third kappa shape index (κ3) is 2.20. The van der Waals surface area contributed by atoms with Gasteiger partial charge in [0.2, 0.25) is 0 Å². The summed E-state index contributed by atoms with van der Waals surface area (Å²) in [6.07, 6.45) is 3.41. The van der Waals surface area contributed by atoms with Crippen molar-refractivity contribution in [3.05, 3.63) is 35.9 Å². The molecule has 1 aromatic heterocycles. The summed E-state index contributed by atoms with van der Waals surface area (Å²) in [7, 11) is 0. The minimum absolute atomic E-state index is 0.254. The predicted octanol–water partition coefficient (Wildman–Crippen LogP) is 2.47. The molecular weight excluding hydrogens is 237 g/mol. The molecule has 2 atom stereocenters. The molecule has 1 aliphatic carbocycles. The van der Waals surface area contributed by atoms with Gasteiger partial charge in [-0.15, -0.1) is 0 Å². The Kier molecular flexibility index (Phi) is 2.63. The Morgan fingerprint density at radius 1 is 1.47 bits per heavy atom. The fourth-order valence-electron chi connectivity index (χ4n) is 1.97. The number of nitrogens with zero attached hydrogens (tertiary/aromatic N) is 2. The first kappa shape index (κ1) is 10.8. The van der Waals surface area contributed by atoms with E-state index >= 15 is 0 Å². The third-order valence-corrected chi connectivity index (χ3v) is 3.72. The second-order valence-corrected chi connectivity index (χ2v) is 5.08. The normalized spacial score (nSPS) is 22.7. The molecule has 17 heavy (non-hydrogen) atoms. The Bertz CT molecular complexity index is 527. The molecule has 1 aliphatic rings. The quantitative estimate of drug-likeness (QED) is 0.820. The molecular formula is C12H12FN3S. The van der Waals surface area contributed by atoms with Gasteiger partial charge >= 0.3 is 0 Å². The number of aromatic amines is 1. The van der Waals surface area contributed by atoms with Gasteiger partial charge in [0.25, 0.3) is 0 Å². The van der Waals surface area contributed by atoms with Crippen LogP contribution < -0.4 is 0 Å². The highest BCUT2D eigenvalue weighted by molar-refractivity contribution is 7.81. The predicted molar refractivity (Wildman–Crippen MR) is 66.4 cm³/mol. The molecule has 2 unspecified atom stereocenters. The molecule has 3 rings (SSSR count). The summed E-state index contributed by atoms with van der Waals surface area (Å²) in [5, 5.41) is 6.87. The molecule has 3 nitrogen and oxygen atoms in total. The second kappa shape index (κ2) is 4.14. The van der Waals surface area contributed by atoms with E-state index < -0.39 is 0 Å². The van der Waals surface area contributed by atoms with Crippen molar-refractivity contribution in [2.75, 3.05) is 0 Å². The fourth-order valence-corrected chi connectivity index (χ4v) is 2.34. The van der Waals surface area contributed by atoms with Gasteiger partial charge in [-0.3, -0.25) is 5.10 Å². The summed E-state index contributed by atoms with van der Waals surface area (Å²) >= 11 is 4.38. The average Bonchev–Trinajstić information content (AvgIpc) is 2.82. The monoisotopic (exact) mass is 249 g/mol. The van der Waals surface area contributed by atoms with Gasteiger partial charge in [-0.2, -0.15) is 17.7 Å². The molecule has 88 valence electrons. The lowest BCUT2D eigenvalue weighted by molar-refractivity contribution is 0.626. The molecule has 5 heteroatoms. The molecule has 1 N–H and O–H groups in total. The first-order valence-electron chi connectivity index (χ1n) is 5.56. The lowest BCUT2D eigenvalue weighted by Crippen LogP contribution is -1.93. The van der Waals surface area contributed by atoms with E-state index in [1.165, 1.54) is 6.33 Å². The van der Waals surface area contributed by atoms with Gasteiger partial charge in [0.05, 0.1) is 5.56 Å². The molecule has 0 spiro atoms. The van der Waals surface area contributed by atoms with Crippen molar-refractivity contribution in [2.24, 2.45) is 5.92 Å². The van der Waals surface area contributed by atoms with Crippen LogP contribution in [0, 0.1) is 11.7 Å². The molecule has 1 fully saturated rings. The zero-order chi connectivity index (χ0) is 11.8. The molecule has 2 aromatic rings. The summed E-state index contributed by atoms with van der Waals surface area (Å²) in [6.45, 7) is 0. The van der Waals surface area contributed by atoms with Crippen LogP contribution in [0.15, 0.2) is 24.5 Å². The molecule has 0 saturated heterocycles. The van der Waals surface area contributed by atoms with E-state index in [1.807, 2.05) is 6.07 Å². The van der Waals surface area contributed by atoms with Crippen LogP contribution in [0.5, 0.6) is 0 Å². The van der Waals surface area contributed by atoms with Crippen molar-refractivity contribution < 1.29 is 4.39 Å². The summed E-state index contributed by atoms with van der Waals surface area (Å²) in [6, 6.07) is 5.28. The molecule has 0 radical (unpaired) electrons. The number of rotatable bonds is 3. The number of H-pyrrole nitrogens is 1. The van der Waals surface area contributed by atoms with Gasteiger partial charge in [0, 0.05) is 5.25 Å². The number of hydrogen-bond donors (Lipinski definition) is 2. The van der Waals surface area contributed by atoms with E-state index in [9.17, 15) is 4.39 Å². The Morgan fingerprint density at radius 3 is 2.88 bits per heavy atom. The minimum Gasteiger partial charge on any atom is -0.259 e. The maximum absolute atomic E-state index is 13.9. The molecule has 0 amide bonds. The van der Waals surface area contributed by atoms with Crippen LogP contribution in [0.3, 0.4) is 0 Å². The Balaban J connectivity index is 1.84. The number of aromatic nitrogens is 3. The zero-order valence-electron chi connectivity index (χ0n) is 9.10. The van der Waals surface area contributed by atoms with Gasteiger partial charge < -0.3 is 0 Å². The number of benzene rings is 1. The Labute approximate surface area is 104 Å². The minimum atomic E-state index is -0.254. The van der Waals surface area contributed by atoms with E-state index in [1.54, 1.807) is 12.1 Å². The highest BCUT2D eigenvalue weighted by atomic mass is 32.1. The third-order valence-electron chi connectivity index (χ3n) is 3.09. The Morgan fingerprint density at radius 2 is 2.29 bits per heavy atom. The van der Waals surface area contributed by atoms with Crippen molar-refractivity contribution in [3.8, 4) is 11.4 Å². The van der Waals surface area contributed by atoms with Crippen LogP contribution >= 0.6 is 12.6 Å². The molecule has 1 heterocycles. The molecule has 0 aliphatic heterocycles. The number of thiol groups is 1. The largest absolute Gasteiger partial charge is 0.259 e. The van der Waals surface area contributed by atoms with Crippen LogP contribution in [0.2, 0.25) is 0 Å². The standard InChI is InChI=1S/C12H12FN3S/c13-10-4-7(3-8-5-11(8)17)1-2-9(10)12-14-6-15-16-12/h1-2,4,6,8,11,17H,3,5H2,(H,14,15,16). The molecule has 1 aromatic carbocycles. The summed E-state index contributed by atoms with van der Waals surface area (Å²) in [5.74, 6) is 0.817. The topological polar surface area (TPSA) is 41.6 Å². The van der Waals surface area contributed by atoms with E-state index in [0.717, 1.165) is 18.4 Å². The summed E-state index contributed by atoms with van der Waals surface area (Å²) in [5.41, 5.74) is 1.48. The van der Waals surface area contributed by atoms with Crippen LogP contribution in [0.1, 0.15) is 12.0 Å². The fraction of sp³-hybridized carbons (Fsp3) is 0.333. The maximum Gasteiger partial charge on any atom is 0.158 e. The van der Waals surface area contributed by atoms with Crippen LogP contribution in [0.4, 0.5) is 4.39 Å². The first-order chi connectivity index (χ1) is 8.24. The highest BCUT2D eigenvalue weighted by Crippen LogP contribution is 2.38. The van der Waals surface area contributed by atoms with Crippen molar-refractivity contribution in [1.29, 1.82) is 0 Å². The van der Waals surface area contributed by atoms with Crippen LogP contribution in [0.25, 0.3) is 11.4 Å². The maximum atomic E-state index is 13.9. The smallest absolute Gasteiger partial charge is 0.158 e. The van der Waals surface area contributed by atoms with Gasteiger partial charge in [0.15, 0.2) is 5.82 Å². The van der Waals surface area contributed by atoms with Gasteiger partial charge in [-0.05, 0) is 36.5 Å². The summed E-state index contributed by atoms with van der Waals surface area (Å²) < 4.78 is 13.9. The van der Waals surface area contributed by atoms with Crippen LogP contribution in [-0.4, -0.2) is 20.4 Å². The zero-order valence-corrected chi connectivity index (χ0v) is 9.99. The number of nitrogens with one attached hydrogen (secondary N) is 1. The second-order valence-electron chi connectivity index (χ2n) is 4.42. The summed E-state index contributed by atoms with van der Waals surface area (Å²) in [4.78, 5) is 3.94. The van der Waals surface area contributed by atoms with E-state index in [-0.39, 0.29) is 5.82 Å². The van der Waals surface area contributed by atoms with Crippen molar-refractivity contribution in [1.82, 2.24) is 15.2 Å². The number of hydrogen-bond acceptors (Lipinski definition) is 3. The lowest BCUT2D eigenvalue weighted by atomic mass is 10.1. The van der Waals surface area contributed by atoms with E-state index in [4.69, 9.17) is 0 Å². The van der Waals surface area contributed by atoms with E-state index in [0.29, 0.717) is 22.6 Å².